The second-order valence-electron chi connectivity index (χ2n) is 31.9. The maximum atomic E-state index is 13.7. The molecule has 0 bridgehead atoms. The highest BCUT2D eigenvalue weighted by atomic mass is 79.9. The third-order valence-corrected chi connectivity index (χ3v) is 22.3. The number of halogens is 6. The van der Waals surface area contributed by atoms with E-state index in [0.29, 0.717) is 131 Å². The van der Waals surface area contributed by atoms with Gasteiger partial charge in [-0.1, -0.05) is 116 Å². The number of nitrogens with two attached hydrogens (primary N) is 1. The molecule has 3 amide bonds. The van der Waals surface area contributed by atoms with Gasteiger partial charge in [-0.15, -0.1) is 12.4 Å². The SMILES string of the molecule is CC1COCC(C)C1N.CC1COCC(C)C1Nc1ccc(-c2ccnc3cc(-c4ccc(C(=O)N(C)C)cc4)oc23)cc1C#N.CN(C)C(=O)c1ccc(-c2cc3nccc(-c4ccc(F)c(C#N)c4)c3o2)cc1.CN(C)C(=O)c1ccc(-c2cc3nccc(Cl)c3o2)cc1.Cl.N#Cc1cc(Br)ccc1F.[2H][B]P.[C-]#[N+]c1cc(B2OC(C)(C)C(C)(C)O2)ccc1F. The molecule has 3 N–H and O–H groups in total. The van der Waals surface area contributed by atoms with E-state index >= 15 is 0 Å². The van der Waals surface area contributed by atoms with Crippen molar-refractivity contribution in [2.75, 3.05) is 74.0 Å². The number of rotatable bonds is 11. The van der Waals surface area contributed by atoms with Crippen LogP contribution < -0.4 is 16.5 Å². The molecule has 0 aliphatic carbocycles. The summed E-state index contributed by atoms with van der Waals surface area (Å²) in [5, 5.41) is 31.5. The van der Waals surface area contributed by atoms with E-state index in [1.165, 1.54) is 48.8 Å². The van der Waals surface area contributed by atoms with E-state index in [9.17, 15) is 32.8 Å². The lowest BCUT2D eigenvalue weighted by molar-refractivity contribution is 0.00578. The Morgan fingerprint density at radius 1 is 0.543 bits per heavy atom. The fraction of sp³-hybridized carbons (Fsp3) is 0.271. The van der Waals surface area contributed by atoms with E-state index in [1.54, 1.807) is 143 Å². The predicted molar refractivity (Wildman–Crippen MR) is 503 cm³/mol. The van der Waals surface area contributed by atoms with Gasteiger partial charge >= 0.3 is 7.12 Å². The number of carbonyl (C=O) groups excluding carboxylic acids is 3. The summed E-state index contributed by atoms with van der Waals surface area (Å²) in [6.45, 7) is 26.4. The van der Waals surface area contributed by atoms with Crippen LogP contribution in [0.25, 0.3) is 94.4 Å². The minimum Gasteiger partial charge on any atom is -0.454 e. The standard InChI is InChI=1S/C30H30N4O3.C23H16FN3O2.C16H13ClN2O2.C13H15BFNO2.C7H3BrFN.C7H15NO.BH3P.ClH/c1-18-16-36-17-19(2)28(18)33-25-10-9-22(13-23(25)15-31)24-11-12-32-26-14-27(37-29(24)26)20-5-7-21(8-6-20)30(35)34(3)4;1-27(2)23(28)15-5-3-14(4-6-15)21-12-20-22(29-21)18(9-10-26-20)16-7-8-19(24)17(11-16)13-25;1-19(2)16(20)11-5-3-10(4-6-11)14-9-13-15(21-14)12(17)7-8-18-13;1-12(2)13(3,4)18-14(17-12)9-6-7-10(15)11(8-9)16-5;8-6-1-2-7(9)5(3-6)4-10;1-5-3-9-4-6(2)7(5)8;1-2;/h5-14,18-19,28,33H,16-17H2,1-4H3;3-12H,1-2H3;3-9H,1-2H3;6-8H,1-4H3;1-3H;5-7H,3-4,8H2,1-2H3;1H,2H2;1H/i;;;;;;1D;. The maximum Gasteiger partial charge on any atom is 0.493 e. The number of furan rings is 3. The summed E-state index contributed by atoms with van der Waals surface area (Å²) in [5.41, 5.74) is 18.4. The summed E-state index contributed by atoms with van der Waals surface area (Å²) in [7, 11) is 13.0. The number of pyridine rings is 3. The number of nitriles is 3. The van der Waals surface area contributed by atoms with Crippen LogP contribution in [0, 0.1) is 81.7 Å². The van der Waals surface area contributed by atoms with Crippen molar-refractivity contribution in [3.8, 4) is 74.4 Å². The lowest BCUT2D eigenvalue weighted by Crippen LogP contribution is -2.43. The first-order valence-electron chi connectivity index (χ1n) is 40.6. The number of ether oxygens (including phenoxy) is 2. The Morgan fingerprint density at radius 3 is 1.30 bits per heavy atom. The van der Waals surface area contributed by atoms with Crippen LogP contribution in [-0.2, 0) is 18.8 Å². The molecule has 1 radical (unpaired) electrons. The predicted octanol–water partition coefficient (Wildman–Crippen LogP) is 20.4. The van der Waals surface area contributed by atoms with E-state index in [4.69, 9.17) is 67.8 Å². The Bertz CT molecular complexity index is 6230. The molecule has 3 fully saturated rings. The Labute approximate surface area is 761 Å². The van der Waals surface area contributed by atoms with Gasteiger partial charge in [0, 0.05) is 140 Å². The lowest BCUT2D eigenvalue weighted by Gasteiger charge is -2.36. The molecule has 3 aliphatic heterocycles. The van der Waals surface area contributed by atoms with Crippen molar-refractivity contribution in [2.24, 2.45) is 29.4 Å². The first kappa shape index (κ1) is 97.2. The Morgan fingerprint density at radius 2 is 0.906 bits per heavy atom. The van der Waals surface area contributed by atoms with Crippen molar-refractivity contribution in [3.05, 3.63) is 272 Å². The van der Waals surface area contributed by atoms with Gasteiger partial charge in [0.05, 0.1) is 71.6 Å². The Hall–Kier alpha value is -12.0. The number of hydrogen-bond acceptors (Lipinski definition) is 18. The number of amides is 3. The fourth-order valence-corrected chi connectivity index (χ4v) is 14.3. The molecule has 9 heterocycles. The summed E-state index contributed by atoms with van der Waals surface area (Å²) in [6.07, 6.45) is 5.04. The van der Waals surface area contributed by atoms with Gasteiger partial charge in [-0.05, 0) is 172 Å². The number of benzene rings is 7. The van der Waals surface area contributed by atoms with E-state index in [-0.39, 0.29) is 53.0 Å². The molecular weight excluding hydrogens is 1740 g/mol. The number of nitrogens with zero attached hydrogens (tertiary/aromatic N) is 10. The highest BCUT2D eigenvalue weighted by molar-refractivity contribution is 9.10. The molecule has 127 heavy (non-hydrogen) atoms. The van der Waals surface area contributed by atoms with Crippen LogP contribution in [0.3, 0.4) is 0 Å². The highest BCUT2D eigenvalue weighted by Gasteiger charge is 2.52. The van der Waals surface area contributed by atoms with E-state index < -0.39 is 35.8 Å². The average molecular weight is 1840 g/mol. The van der Waals surface area contributed by atoms with Gasteiger partial charge in [-0.3, -0.25) is 29.3 Å². The summed E-state index contributed by atoms with van der Waals surface area (Å²) < 4.78 is 86.9. The van der Waals surface area contributed by atoms with Gasteiger partial charge < -0.3 is 57.8 Å². The summed E-state index contributed by atoms with van der Waals surface area (Å²) in [4.78, 5) is 56.9. The third-order valence-electron chi connectivity index (χ3n) is 21.6. The van der Waals surface area contributed by atoms with Gasteiger partial charge in [-0.25, -0.2) is 18.0 Å². The molecule has 7 aromatic carbocycles. The van der Waals surface area contributed by atoms with Crippen LogP contribution >= 0.6 is 49.1 Å². The minimum atomic E-state index is -0.561. The average Bonchev–Trinajstić information content (AvgIpc) is 1.60. The molecule has 0 saturated carbocycles. The number of anilines is 1. The molecule has 5 atom stereocenters. The molecule has 3 saturated heterocycles. The van der Waals surface area contributed by atoms with Gasteiger partial charge in [0.1, 0.15) is 77.0 Å². The summed E-state index contributed by atoms with van der Waals surface area (Å²) in [6, 6.07) is 58.0. The number of hydrogen-bond donors (Lipinski definition) is 2. The first-order chi connectivity index (χ1) is 60.5. The van der Waals surface area contributed by atoms with Crippen LogP contribution in [0.5, 0.6) is 0 Å². The molecule has 5 unspecified atom stereocenters. The molecule has 22 nitrogen and oxygen atoms in total. The van der Waals surface area contributed by atoms with Crippen LogP contribution in [0.2, 0.25) is 5.02 Å². The summed E-state index contributed by atoms with van der Waals surface area (Å²) in [5.74, 6) is 2.00. The molecule has 653 valence electrons. The zero-order valence-corrected chi connectivity index (χ0v) is 76.8. The largest absolute Gasteiger partial charge is 0.493 e. The van der Waals surface area contributed by atoms with Crippen LogP contribution in [0.1, 0.15) is 103 Å². The van der Waals surface area contributed by atoms with Gasteiger partial charge in [-0.2, -0.15) is 24.9 Å². The topological polar surface area (TPSA) is 290 Å². The molecule has 0 spiro atoms. The number of aromatic nitrogens is 3. The maximum absolute atomic E-state index is 13.7. The minimum absolute atomic E-state index is 0. The normalized spacial score (nSPS) is 16.8. The first-order valence-corrected chi connectivity index (χ1v) is 41.9. The van der Waals surface area contributed by atoms with Gasteiger partial charge in [0.2, 0.25) is 5.69 Å². The monoisotopic (exact) mass is 1840 g/mol. The molecule has 16 rings (SSSR count). The molecule has 6 aromatic heterocycles. The van der Waals surface area contributed by atoms with E-state index in [0.717, 1.165) is 57.8 Å². The number of carbonyl (C=O) groups is 3. The lowest BCUT2D eigenvalue weighted by atomic mass is 9.79. The third kappa shape index (κ3) is 24.2. The van der Waals surface area contributed by atoms with Crippen LogP contribution in [0.15, 0.2) is 218 Å². The van der Waals surface area contributed by atoms with E-state index in [1.807, 2.05) is 113 Å². The smallest absolute Gasteiger partial charge is 0.454 e. The van der Waals surface area contributed by atoms with Crippen LogP contribution in [0.4, 0.5) is 24.5 Å². The fourth-order valence-electron chi connectivity index (χ4n) is 13.7. The van der Waals surface area contributed by atoms with Gasteiger partial charge in [0.15, 0.2) is 16.7 Å². The molecule has 13 aromatic rings. The number of nitrogens with one attached hydrogen (secondary N) is 1. The second kappa shape index (κ2) is 44.4. The van der Waals surface area contributed by atoms with Crippen molar-refractivity contribution < 1.29 is 59.6 Å². The second-order valence-corrected chi connectivity index (χ2v) is 33.2. The zero-order valence-electron chi connectivity index (χ0n) is 73.5. The van der Waals surface area contributed by atoms with Crippen molar-refractivity contribution in [2.45, 2.75) is 78.7 Å². The van der Waals surface area contributed by atoms with Crippen molar-refractivity contribution in [1.29, 1.82) is 17.1 Å². The molecule has 31 heteroatoms. The van der Waals surface area contributed by atoms with Gasteiger partial charge in [0.25, 0.3) is 17.7 Å². The van der Waals surface area contributed by atoms with Crippen molar-refractivity contribution in [1.82, 2.24) is 29.7 Å². The number of fused-ring (bicyclic) bond motifs is 3. The Kier molecular flexibility index (Phi) is 34.0. The zero-order chi connectivity index (χ0) is 92.3. The molecule has 3 aliphatic rings. The van der Waals surface area contributed by atoms with Crippen molar-refractivity contribution >= 4 is 132 Å². The van der Waals surface area contributed by atoms with Crippen molar-refractivity contribution in [3.63, 3.8) is 0 Å². The molecular formula is C96H96B2BrCl2F3N12O10P. The summed E-state index contributed by atoms with van der Waals surface area (Å²) >= 11 is 9.19. The highest BCUT2D eigenvalue weighted by Crippen LogP contribution is 2.40. The van der Waals surface area contributed by atoms with Crippen LogP contribution in [-0.4, -0.2) is 155 Å². The Balaban J connectivity index is 0.000000182. The quantitative estimate of drug-likeness (QED) is 0.0691. The van der Waals surface area contributed by atoms with E-state index in [2.05, 4.69) is 83.9 Å².